The van der Waals surface area contributed by atoms with Gasteiger partial charge in [-0.15, -0.1) is 11.8 Å². The first-order chi connectivity index (χ1) is 13.6. The molecule has 1 N–H and O–H groups in total. The molecule has 7 nitrogen and oxygen atoms in total. The number of carbonyl (C=O) groups is 1. The number of anilines is 1. The number of hydrogen-bond acceptors (Lipinski definition) is 7. The maximum absolute atomic E-state index is 12.2. The number of methoxy groups -OCH3 is 2. The SMILES string of the molecule is COc1ccc(NC(=O)CSCc2nc(-c3ccccc3C)no2)c(OC)c1. The molecule has 0 aliphatic heterocycles. The highest BCUT2D eigenvalue weighted by Gasteiger charge is 2.12. The van der Waals surface area contributed by atoms with Crippen LogP contribution in [0.5, 0.6) is 11.5 Å². The van der Waals surface area contributed by atoms with E-state index in [4.69, 9.17) is 14.0 Å². The van der Waals surface area contributed by atoms with E-state index >= 15 is 0 Å². The third kappa shape index (κ3) is 4.83. The molecule has 0 radical (unpaired) electrons. The molecule has 3 aromatic rings. The average molecular weight is 399 g/mol. The standard InChI is InChI=1S/C20H21N3O4S/c1-13-6-4-5-7-15(13)20-22-19(27-23-20)12-28-11-18(24)21-16-9-8-14(25-2)10-17(16)26-3/h4-10H,11-12H2,1-3H3,(H,21,24). The topological polar surface area (TPSA) is 86.5 Å². The normalized spacial score (nSPS) is 10.5. The van der Waals surface area contributed by atoms with Gasteiger partial charge in [-0.05, 0) is 24.6 Å². The number of rotatable bonds is 8. The number of ether oxygens (including phenoxy) is 2. The monoisotopic (exact) mass is 399 g/mol. The van der Waals surface area contributed by atoms with Crippen LogP contribution in [0.25, 0.3) is 11.4 Å². The van der Waals surface area contributed by atoms with Gasteiger partial charge < -0.3 is 19.3 Å². The number of hydrogen-bond donors (Lipinski definition) is 1. The predicted molar refractivity (Wildman–Crippen MR) is 109 cm³/mol. The van der Waals surface area contributed by atoms with Gasteiger partial charge in [0.15, 0.2) is 0 Å². The second-order valence-electron chi connectivity index (χ2n) is 5.93. The smallest absolute Gasteiger partial charge is 0.236 e. The minimum atomic E-state index is -0.146. The Morgan fingerprint density at radius 2 is 2.00 bits per heavy atom. The fraction of sp³-hybridized carbons (Fsp3) is 0.250. The van der Waals surface area contributed by atoms with Crippen LogP contribution in [-0.4, -0.2) is 36.0 Å². The molecule has 28 heavy (non-hydrogen) atoms. The number of nitrogens with one attached hydrogen (secondary N) is 1. The summed E-state index contributed by atoms with van der Waals surface area (Å²) in [5.41, 5.74) is 2.61. The summed E-state index contributed by atoms with van der Waals surface area (Å²) >= 11 is 1.39. The Bertz CT molecular complexity index is 958. The molecular weight excluding hydrogens is 378 g/mol. The number of thioether (sulfide) groups is 1. The molecule has 2 aromatic carbocycles. The van der Waals surface area contributed by atoms with Gasteiger partial charge in [0.1, 0.15) is 11.5 Å². The van der Waals surface area contributed by atoms with Crippen molar-refractivity contribution in [1.29, 1.82) is 0 Å². The first kappa shape index (κ1) is 19.8. The van der Waals surface area contributed by atoms with E-state index in [2.05, 4.69) is 15.5 Å². The summed E-state index contributed by atoms with van der Waals surface area (Å²) in [7, 11) is 3.12. The molecule has 0 bridgehead atoms. The van der Waals surface area contributed by atoms with E-state index in [1.54, 1.807) is 32.4 Å². The molecule has 1 aromatic heterocycles. The lowest BCUT2D eigenvalue weighted by Crippen LogP contribution is -2.14. The van der Waals surface area contributed by atoms with Crippen molar-refractivity contribution in [3.63, 3.8) is 0 Å². The van der Waals surface area contributed by atoms with Crippen LogP contribution < -0.4 is 14.8 Å². The molecule has 1 heterocycles. The average Bonchev–Trinajstić information content (AvgIpc) is 3.17. The van der Waals surface area contributed by atoms with Crippen molar-refractivity contribution in [1.82, 2.24) is 10.1 Å². The van der Waals surface area contributed by atoms with Gasteiger partial charge in [0, 0.05) is 11.6 Å². The van der Waals surface area contributed by atoms with E-state index in [9.17, 15) is 4.79 Å². The first-order valence-electron chi connectivity index (χ1n) is 8.59. The van der Waals surface area contributed by atoms with E-state index in [0.29, 0.717) is 34.7 Å². The fourth-order valence-electron chi connectivity index (χ4n) is 2.57. The van der Waals surface area contributed by atoms with Gasteiger partial charge in [-0.1, -0.05) is 29.4 Å². The minimum absolute atomic E-state index is 0.146. The Hall–Kier alpha value is -3.00. The van der Waals surface area contributed by atoms with Gasteiger partial charge >= 0.3 is 0 Å². The van der Waals surface area contributed by atoms with Crippen LogP contribution in [0, 0.1) is 6.92 Å². The summed E-state index contributed by atoms with van der Waals surface area (Å²) < 4.78 is 15.7. The van der Waals surface area contributed by atoms with E-state index in [1.807, 2.05) is 31.2 Å². The number of aromatic nitrogens is 2. The lowest BCUT2D eigenvalue weighted by Gasteiger charge is -2.11. The van der Waals surface area contributed by atoms with Crippen LogP contribution in [0.1, 0.15) is 11.5 Å². The third-order valence-corrected chi connectivity index (χ3v) is 4.91. The Labute approximate surface area is 167 Å². The molecule has 0 aliphatic carbocycles. The molecular formula is C20H21N3O4S. The first-order valence-corrected chi connectivity index (χ1v) is 9.74. The maximum atomic E-state index is 12.2. The lowest BCUT2D eigenvalue weighted by molar-refractivity contribution is -0.113. The highest BCUT2D eigenvalue weighted by atomic mass is 32.2. The van der Waals surface area contributed by atoms with Crippen molar-refractivity contribution in [2.24, 2.45) is 0 Å². The van der Waals surface area contributed by atoms with Gasteiger partial charge in [-0.3, -0.25) is 4.79 Å². The van der Waals surface area contributed by atoms with Gasteiger partial charge in [-0.2, -0.15) is 4.98 Å². The number of amides is 1. The van der Waals surface area contributed by atoms with Crippen molar-refractivity contribution in [2.75, 3.05) is 25.3 Å². The van der Waals surface area contributed by atoms with Crippen molar-refractivity contribution >= 4 is 23.4 Å². The Kier molecular flexibility index (Phi) is 6.54. The Balaban J connectivity index is 1.53. The highest BCUT2D eigenvalue weighted by Crippen LogP contribution is 2.29. The van der Waals surface area contributed by atoms with Crippen LogP contribution in [0.2, 0.25) is 0 Å². The highest BCUT2D eigenvalue weighted by molar-refractivity contribution is 7.99. The summed E-state index contributed by atoms with van der Waals surface area (Å²) in [6, 6.07) is 13.1. The largest absolute Gasteiger partial charge is 0.497 e. The van der Waals surface area contributed by atoms with Gasteiger partial charge in [0.05, 0.1) is 31.4 Å². The van der Waals surface area contributed by atoms with Crippen LogP contribution in [-0.2, 0) is 10.5 Å². The van der Waals surface area contributed by atoms with Crippen molar-refractivity contribution in [2.45, 2.75) is 12.7 Å². The second-order valence-corrected chi connectivity index (χ2v) is 6.92. The van der Waals surface area contributed by atoms with E-state index < -0.39 is 0 Å². The molecule has 0 unspecified atom stereocenters. The van der Waals surface area contributed by atoms with Crippen LogP contribution >= 0.6 is 11.8 Å². The van der Waals surface area contributed by atoms with Gasteiger partial charge in [-0.25, -0.2) is 0 Å². The summed E-state index contributed by atoms with van der Waals surface area (Å²) in [6.07, 6.45) is 0. The molecule has 0 spiro atoms. The quantitative estimate of drug-likeness (QED) is 0.614. The van der Waals surface area contributed by atoms with E-state index in [0.717, 1.165) is 11.1 Å². The van der Waals surface area contributed by atoms with Crippen molar-refractivity contribution in [3.05, 3.63) is 53.9 Å². The summed E-state index contributed by atoms with van der Waals surface area (Å²) in [6.45, 7) is 2.00. The Morgan fingerprint density at radius 1 is 1.18 bits per heavy atom. The van der Waals surface area contributed by atoms with Crippen LogP contribution in [0.15, 0.2) is 47.0 Å². The Morgan fingerprint density at radius 3 is 2.75 bits per heavy atom. The lowest BCUT2D eigenvalue weighted by atomic mass is 10.1. The molecule has 146 valence electrons. The molecule has 1 amide bonds. The minimum Gasteiger partial charge on any atom is -0.497 e. The molecule has 0 saturated heterocycles. The number of carbonyl (C=O) groups excluding carboxylic acids is 1. The predicted octanol–water partition coefficient (Wildman–Crippen LogP) is 3.93. The van der Waals surface area contributed by atoms with Gasteiger partial charge in [0.2, 0.25) is 17.6 Å². The maximum Gasteiger partial charge on any atom is 0.236 e. The summed E-state index contributed by atoms with van der Waals surface area (Å²) in [5.74, 6) is 2.79. The third-order valence-electron chi connectivity index (χ3n) is 4.00. The molecule has 3 rings (SSSR count). The molecule has 0 aliphatic rings. The molecule has 0 fully saturated rings. The van der Waals surface area contributed by atoms with Crippen molar-refractivity contribution in [3.8, 4) is 22.9 Å². The second kappa shape index (κ2) is 9.27. The zero-order valence-electron chi connectivity index (χ0n) is 15.9. The summed E-state index contributed by atoms with van der Waals surface area (Å²) in [5, 5.41) is 6.85. The zero-order chi connectivity index (χ0) is 19.9. The molecule has 0 saturated carbocycles. The number of aryl methyl sites for hydroxylation is 1. The van der Waals surface area contributed by atoms with E-state index in [-0.39, 0.29) is 11.7 Å². The fourth-order valence-corrected chi connectivity index (χ4v) is 3.22. The summed E-state index contributed by atoms with van der Waals surface area (Å²) in [4.78, 5) is 16.6. The zero-order valence-corrected chi connectivity index (χ0v) is 16.7. The number of benzene rings is 2. The molecule has 8 heteroatoms. The van der Waals surface area contributed by atoms with Crippen molar-refractivity contribution < 1.29 is 18.8 Å². The van der Waals surface area contributed by atoms with E-state index in [1.165, 1.54) is 11.8 Å². The van der Waals surface area contributed by atoms with Crippen LogP contribution in [0.3, 0.4) is 0 Å². The number of nitrogens with zero attached hydrogens (tertiary/aromatic N) is 2. The molecule has 0 atom stereocenters. The van der Waals surface area contributed by atoms with Crippen LogP contribution in [0.4, 0.5) is 5.69 Å². The van der Waals surface area contributed by atoms with Gasteiger partial charge in [0.25, 0.3) is 0 Å².